The van der Waals surface area contributed by atoms with E-state index < -0.39 is 0 Å². The Kier molecular flexibility index (Phi) is 2.87. The SMILES string of the molecule is CSCC1CN(C(C)(C)C)C1. The van der Waals surface area contributed by atoms with Crippen LogP contribution in [-0.4, -0.2) is 35.5 Å². The second-order valence-corrected chi connectivity index (χ2v) is 5.31. The van der Waals surface area contributed by atoms with Crippen LogP contribution >= 0.6 is 11.8 Å². The van der Waals surface area contributed by atoms with Crippen LogP contribution in [0.5, 0.6) is 0 Å². The first-order valence-electron chi connectivity index (χ1n) is 4.28. The largest absolute Gasteiger partial charge is 0.298 e. The van der Waals surface area contributed by atoms with Gasteiger partial charge in [0.2, 0.25) is 0 Å². The Hall–Kier alpha value is 0.310. The van der Waals surface area contributed by atoms with Crippen molar-refractivity contribution in [3.8, 4) is 0 Å². The molecule has 1 rings (SSSR count). The van der Waals surface area contributed by atoms with Gasteiger partial charge in [-0.25, -0.2) is 0 Å². The minimum absolute atomic E-state index is 0.398. The van der Waals surface area contributed by atoms with Gasteiger partial charge >= 0.3 is 0 Å². The average Bonchev–Trinajstić information content (AvgIpc) is 1.74. The normalized spacial score (nSPS) is 21.8. The van der Waals surface area contributed by atoms with Gasteiger partial charge < -0.3 is 0 Å². The highest BCUT2D eigenvalue weighted by Crippen LogP contribution is 2.26. The zero-order valence-corrected chi connectivity index (χ0v) is 8.87. The quantitative estimate of drug-likeness (QED) is 0.629. The molecule has 66 valence electrons. The van der Waals surface area contributed by atoms with Crippen molar-refractivity contribution in [1.82, 2.24) is 4.90 Å². The molecule has 0 aromatic rings. The first-order valence-corrected chi connectivity index (χ1v) is 5.67. The Bertz CT molecular complexity index is 122. The third-order valence-corrected chi connectivity index (χ3v) is 3.11. The molecule has 0 radical (unpaired) electrons. The highest BCUT2D eigenvalue weighted by Gasteiger charge is 2.33. The van der Waals surface area contributed by atoms with Crippen molar-refractivity contribution in [2.45, 2.75) is 26.3 Å². The van der Waals surface area contributed by atoms with Gasteiger partial charge in [0.1, 0.15) is 0 Å². The van der Waals surface area contributed by atoms with Crippen LogP contribution in [0.15, 0.2) is 0 Å². The molecule has 0 aliphatic carbocycles. The molecule has 1 aliphatic rings. The van der Waals surface area contributed by atoms with Gasteiger partial charge in [-0.2, -0.15) is 11.8 Å². The molecule has 0 spiro atoms. The van der Waals surface area contributed by atoms with Gasteiger partial charge in [0.05, 0.1) is 0 Å². The number of thioether (sulfide) groups is 1. The standard InChI is InChI=1S/C9H19NS/c1-9(2,3)10-5-8(6-10)7-11-4/h8H,5-7H2,1-4H3. The zero-order chi connectivity index (χ0) is 8.48. The van der Waals surface area contributed by atoms with Crippen LogP contribution in [-0.2, 0) is 0 Å². The maximum atomic E-state index is 2.55. The molecule has 0 aromatic carbocycles. The van der Waals surface area contributed by atoms with E-state index in [1.165, 1.54) is 18.8 Å². The van der Waals surface area contributed by atoms with Crippen molar-refractivity contribution in [3.63, 3.8) is 0 Å². The Morgan fingerprint density at radius 3 is 2.27 bits per heavy atom. The van der Waals surface area contributed by atoms with Gasteiger partial charge in [0.25, 0.3) is 0 Å². The van der Waals surface area contributed by atoms with Gasteiger partial charge in [-0.15, -0.1) is 0 Å². The van der Waals surface area contributed by atoms with Gasteiger partial charge in [0.15, 0.2) is 0 Å². The number of hydrogen-bond donors (Lipinski definition) is 0. The van der Waals surface area contributed by atoms with E-state index in [1.54, 1.807) is 0 Å². The summed E-state index contributed by atoms with van der Waals surface area (Å²) in [5, 5.41) is 0. The predicted octanol–water partition coefficient (Wildman–Crippen LogP) is 2.08. The van der Waals surface area contributed by atoms with E-state index in [9.17, 15) is 0 Å². The molecule has 0 N–H and O–H groups in total. The highest BCUT2D eigenvalue weighted by atomic mass is 32.2. The molecule has 2 heteroatoms. The third kappa shape index (κ3) is 2.38. The van der Waals surface area contributed by atoms with E-state index in [0.717, 1.165) is 5.92 Å². The van der Waals surface area contributed by atoms with Crippen LogP contribution < -0.4 is 0 Å². The minimum atomic E-state index is 0.398. The Balaban J connectivity index is 2.19. The van der Waals surface area contributed by atoms with E-state index in [4.69, 9.17) is 0 Å². The van der Waals surface area contributed by atoms with E-state index in [-0.39, 0.29) is 0 Å². The fourth-order valence-corrected chi connectivity index (χ4v) is 2.14. The van der Waals surface area contributed by atoms with Gasteiger partial charge in [0, 0.05) is 18.6 Å². The molecule has 1 heterocycles. The molecule has 1 fully saturated rings. The lowest BCUT2D eigenvalue weighted by atomic mass is 9.94. The van der Waals surface area contributed by atoms with Gasteiger partial charge in [-0.05, 0) is 38.7 Å². The smallest absolute Gasteiger partial charge is 0.0125 e. The van der Waals surface area contributed by atoms with E-state index >= 15 is 0 Å². The fourth-order valence-electron chi connectivity index (χ4n) is 1.46. The molecule has 0 bridgehead atoms. The molecule has 1 nitrogen and oxygen atoms in total. The summed E-state index contributed by atoms with van der Waals surface area (Å²) in [4.78, 5) is 2.55. The summed E-state index contributed by atoms with van der Waals surface area (Å²) in [6.45, 7) is 9.50. The summed E-state index contributed by atoms with van der Waals surface area (Å²) in [5.41, 5.74) is 0.398. The molecule has 0 unspecified atom stereocenters. The van der Waals surface area contributed by atoms with E-state index in [2.05, 4.69) is 31.9 Å². The third-order valence-electron chi connectivity index (χ3n) is 2.31. The molecule has 1 saturated heterocycles. The number of rotatable bonds is 2. The van der Waals surface area contributed by atoms with Crippen molar-refractivity contribution in [2.24, 2.45) is 5.92 Å². The summed E-state index contributed by atoms with van der Waals surface area (Å²) < 4.78 is 0. The van der Waals surface area contributed by atoms with Crippen molar-refractivity contribution in [2.75, 3.05) is 25.1 Å². The monoisotopic (exact) mass is 173 g/mol. The highest BCUT2D eigenvalue weighted by molar-refractivity contribution is 7.98. The van der Waals surface area contributed by atoms with Gasteiger partial charge in [-0.1, -0.05) is 0 Å². The zero-order valence-electron chi connectivity index (χ0n) is 8.05. The molecule has 0 saturated carbocycles. The molecule has 11 heavy (non-hydrogen) atoms. The van der Waals surface area contributed by atoms with Crippen LogP contribution in [0.1, 0.15) is 20.8 Å². The first kappa shape index (κ1) is 9.40. The second kappa shape index (κ2) is 3.36. The van der Waals surface area contributed by atoms with Crippen molar-refractivity contribution in [1.29, 1.82) is 0 Å². The lowest BCUT2D eigenvalue weighted by Gasteiger charge is -2.47. The summed E-state index contributed by atoms with van der Waals surface area (Å²) in [7, 11) is 0. The topological polar surface area (TPSA) is 3.24 Å². The van der Waals surface area contributed by atoms with Crippen molar-refractivity contribution >= 4 is 11.8 Å². The van der Waals surface area contributed by atoms with Crippen LogP contribution in [0.4, 0.5) is 0 Å². The van der Waals surface area contributed by atoms with Crippen LogP contribution in [0.2, 0.25) is 0 Å². The number of hydrogen-bond acceptors (Lipinski definition) is 2. The minimum Gasteiger partial charge on any atom is -0.298 e. The molecule has 0 aromatic heterocycles. The summed E-state index contributed by atoms with van der Waals surface area (Å²) in [5.74, 6) is 2.30. The Morgan fingerprint density at radius 2 is 1.91 bits per heavy atom. The maximum absolute atomic E-state index is 2.55. The van der Waals surface area contributed by atoms with E-state index in [1.807, 2.05) is 11.8 Å². The maximum Gasteiger partial charge on any atom is 0.0125 e. The molecule has 1 aliphatic heterocycles. The summed E-state index contributed by atoms with van der Waals surface area (Å²) >= 11 is 1.97. The summed E-state index contributed by atoms with van der Waals surface area (Å²) in [6.07, 6.45) is 2.19. The fraction of sp³-hybridized carbons (Fsp3) is 1.00. The Morgan fingerprint density at radius 1 is 1.36 bits per heavy atom. The molecular formula is C9H19NS. The van der Waals surface area contributed by atoms with E-state index in [0.29, 0.717) is 5.54 Å². The number of likely N-dealkylation sites (tertiary alicyclic amines) is 1. The van der Waals surface area contributed by atoms with Crippen LogP contribution in [0.3, 0.4) is 0 Å². The van der Waals surface area contributed by atoms with Crippen LogP contribution in [0, 0.1) is 5.92 Å². The number of nitrogens with zero attached hydrogens (tertiary/aromatic N) is 1. The van der Waals surface area contributed by atoms with Crippen molar-refractivity contribution < 1.29 is 0 Å². The predicted molar refractivity (Wildman–Crippen MR) is 53.2 cm³/mol. The van der Waals surface area contributed by atoms with Gasteiger partial charge in [-0.3, -0.25) is 4.90 Å². The molecular weight excluding hydrogens is 154 g/mol. The second-order valence-electron chi connectivity index (χ2n) is 4.40. The molecule has 0 atom stereocenters. The summed E-state index contributed by atoms with van der Waals surface area (Å²) in [6, 6.07) is 0. The molecule has 0 amide bonds. The Labute approximate surface area is 74.5 Å². The average molecular weight is 173 g/mol. The lowest BCUT2D eigenvalue weighted by Crippen LogP contribution is -2.56. The first-order chi connectivity index (χ1) is 5.04. The van der Waals surface area contributed by atoms with Crippen LogP contribution in [0.25, 0.3) is 0 Å². The lowest BCUT2D eigenvalue weighted by molar-refractivity contribution is 0.0245. The van der Waals surface area contributed by atoms with Crippen molar-refractivity contribution in [3.05, 3.63) is 0 Å².